The van der Waals surface area contributed by atoms with Crippen molar-refractivity contribution in [2.24, 2.45) is 0 Å². The zero-order chi connectivity index (χ0) is 17.1. The second-order valence-corrected chi connectivity index (χ2v) is 7.08. The molecule has 0 aromatic carbocycles. The molecule has 2 aromatic heterocycles. The maximum atomic E-state index is 13.9. The Balaban J connectivity index is 1.64. The molecule has 1 amide bonds. The first-order chi connectivity index (χ1) is 11.5. The summed E-state index contributed by atoms with van der Waals surface area (Å²) in [7, 11) is 1.67. The number of likely N-dealkylation sites (N-methyl/N-ethyl adjacent to an activating group) is 1. The molecule has 0 aliphatic carbocycles. The van der Waals surface area contributed by atoms with Gasteiger partial charge in [-0.1, -0.05) is 6.07 Å². The van der Waals surface area contributed by atoms with E-state index in [4.69, 9.17) is 0 Å². The number of thiophene rings is 1. The summed E-state index contributed by atoms with van der Waals surface area (Å²) < 4.78 is 26.8. The number of pyridine rings is 1. The van der Waals surface area contributed by atoms with E-state index < -0.39 is 12.0 Å². The number of alkyl halides is 1. The van der Waals surface area contributed by atoms with Crippen LogP contribution < -0.4 is 0 Å². The Kier molecular flexibility index (Phi) is 5.20. The maximum Gasteiger partial charge on any atom is 0.272 e. The average Bonchev–Trinajstić information content (AvgIpc) is 3.18. The normalized spacial score (nSPS) is 21.1. The largest absolute Gasteiger partial charge is 0.339 e. The molecule has 1 saturated heterocycles. The Bertz CT molecular complexity index is 678. The summed E-state index contributed by atoms with van der Waals surface area (Å²) in [5, 5.41) is 2.00. The number of hydrogen-bond acceptors (Lipinski definition) is 4. The summed E-state index contributed by atoms with van der Waals surface area (Å²) >= 11 is 1.65. The topological polar surface area (TPSA) is 36.4 Å². The van der Waals surface area contributed by atoms with Gasteiger partial charge in [-0.05, 0) is 30.0 Å². The van der Waals surface area contributed by atoms with Gasteiger partial charge in [0.2, 0.25) is 0 Å². The lowest BCUT2D eigenvalue weighted by Crippen LogP contribution is -2.41. The summed E-state index contributed by atoms with van der Waals surface area (Å²) in [6.07, 6.45) is 0.569. The van der Waals surface area contributed by atoms with Crippen molar-refractivity contribution in [1.29, 1.82) is 0 Å². The zero-order valence-corrected chi connectivity index (χ0v) is 14.2. The Morgan fingerprint density at radius 2 is 2.29 bits per heavy atom. The third-order valence-corrected chi connectivity index (χ3v) is 5.05. The van der Waals surface area contributed by atoms with Crippen LogP contribution in [0, 0.1) is 5.82 Å². The maximum absolute atomic E-state index is 13.9. The van der Waals surface area contributed by atoms with Crippen LogP contribution in [-0.2, 0) is 6.54 Å². The predicted octanol–water partition coefficient (Wildman–Crippen LogP) is 2.97. The zero-order valence-electron chi connectivity index (χ0n) is 13.4. The molecule has 0 spiro atoms. The van der Waals surface area contributed by atoms with Crippen LogP contribution in [0.5, 0.6) is 0 Å². The molecule has 2 aromatic rings. The Labute approximate surface area is 143 Å². The van der Waals surface area contributed by atoms with Crippen LogP contribution in [0.3, 0.4) is 0 Å². The molecule has 4 nitrogen and oxygen atoms in total. The Morgan fingerprint density at radius 3 is 2.96 bits per heavy atom. The highest BCUT2D eigenvalue weighted by atomic mass is 32.1. The predicted molar refractivity (Wildman–Crippen MR) is 89.2 cm³/mol. The molecule has 128 valence electrons. The minimum atomic E-state index is -0.873. The van der Waals surface area contributed by atoms with Gasteiger partial charge in [0.25, 0.3) is 5.91 Å². The molecule has 1 fully saturated rings. The molecular weight excluding hydrogens is 332 g/mol. The number of nitrogens with zero attached hydrogens (tertiary/aromatic N) is 3. The van der Waals surface area contributed by atoms with Gasteiger partial charge in [-0.3, -0.25) is 9.69 Å². The van der Waals surface area contributed by atoms with E-state index in [-0.39, 0.29) is 17.6 Å². The Hall–Kier alpha value is -1.86. The van der Waals surface area contributed by atoms with Gasteiger partial charge < -0.3 is 4.90 Å². The van der Waals surface area contributed by atoms with Gasteiger partial charge in [-0.15, -0.1) is 11.3 Å². The van der Waals surface area contributed by atoms with Crippen molar-refractivity contribution in [3.8, 4) is 0 Å². The minimum absolute atomic E-state index is 0.0310. The van der Waals surface area contributed by atoms with Gasteiger partial charge in [-0.2, -0.15) is 0 Å². The molecule has 1 aliphatic heterocycles. The summed E-state index contributed by atoms with van der Waals surface area (Å²) in [5.74, 6) is -0.763. The van der Waals surface area contributed by atoms with E-state index in [1.165, 1.54) is 21.9 Å². The van der Waals surface area contributed by atoms with E-state index in [0.29, 0.717) is 26.1 Å². The number of likely N-dealkylation sites (tertiary alicyclic amines) is 1. The van der Waals surface area contributed by atoms with Crippen LogP contribution in [0.1, 0.15) is 21.8 Å². The van der Waals surface area contributed by atoms with Crippen molar-refractivity contribution in [2.75, 3.05) is 20.1 Å². The molecule has 1 aliphatic rings. The summed E-state index contributed by atoms with van der Waals surface area (Å²) in [6, 6.07) is 6.56. The van der Waals surface area contributed by atoms with Gasteiger partial charge >= 0.3 is 0 Å². The van der Waals surface area contributed by atoms with E-state index in [0.717, 1.165) is 6.20 Å². The molecule has 3 heterocycles. The second-order valence-electron chi connectivity index (χ2n) is 6.04. The molecule has 0 bridgehead atoms. The van der Waals surface area contributed by atoms with Crippen LogP contribution >= 0.6 is 11.3 Å². The number of rotatable bonds is 5. The lowest BCUT2D eigenvalue weighted by molar-refractivity contribution is 0.0744. The summed E-state index contributed by atoms with van der Waals surface area (Å²) in [5.41, 5.74) is 0.193. The number of carbonyl (C=O) groups excluding carboxylic acids is 1. The van der Waals surface area contributed by atoms with Crippen molar-refractivity contribution in [2.45, 2.75) is 25.2 Å². The summed E-state index contributed by atoms with van der Waals surface area (Å²) in [6.45, 7) is 1.50. The molecule has 0 unspecified atom stereocenters. The second kappa shape index (κ2) is 7.36. The van der Waals surface area contributed by atoms with Crippen molar-refractivity contribution in [3.63, 3.8) is 0 Å². The van der Waals surface area contributed by atoms with Crippen LogP contribution in [0.15, 0.2) is 35.8 Å². The monoisotopic (exact) mass is 351 g/mol. The van der Waals surface area contributed by atoms with E-state index in [2.05, 4.69) is 9.88 Å². The highest BCUT2D eigenvalue weighted by Crippen LogP contribution is 2.25. The lowest BCUT2D eigenvalue weighted by atomic mass is 10.2. The minimum Gasteiger partial charge on any atom is -0.339 e. The first kappa shape index (κ1) is 17.0. The van der Waals surface area contributed by atoms with E-state index >= 15 is 0 Å². The third kappa shape index (κ3) is 3.96. The number of carbonyl (C=O) groups is 1. The van der Waals surface area contributed by atoms with Gasteiger partial charge in [0.1, 0.15) is 17.7 Å². The third-order valence-electron chi connectivity index (χ3n) is 4.19. The fraction of sp³-hybridized carbons (Fsp3) is 0.412. The molecule has 0 saturated carbocycles. The van der Waals surface area contributed by atoms with Crippen LogP contribution in [0.4, 0.5) is 8.78 Å². The number of halogens is 2. The fourth-order valence-electron chi connectivity index (χ4n) is 3.01. The van der Waals surface area contributed by atoms with Crippen molar-refractivity contribution in [3.05, 3.63) is 52.2 Å². The molecule has 3 rings (SSSR count). The average molecular weight is 351 g/mol. The smallest absolute Gasteiger partial charge is 0.272 e. The SMILES string of the molecule is CN(C[C@@H]1C[C@H](F)CN1Cc1cccs1)C(=O)c1ccc(F)cn1. The number of hydrogen-bond donors (Lipinski definition) is 0. The van der Waals surface area contributed by atoms with E-state index in [1.807, 2.05) is 17.5 Å². The Morgan fingerprint density at radius 1 is 1.46 bits per heavy atom. The number of amides is 1. The van der Waals surface area contributed by atoms with Crippen molar-refractivity contribution < 1.29 is 13.6 Å². The van der Waals surface area contributed by atoms with E-state index in [1.54, 1.807) is 18.4 Å². The molecule has 24 heavy (non-hydrogen) atoms. The quantitative estimate of drug-likeness (QED) is 0.831. The standard InChI is InChI=1S/C17H19F2N3OS/c1-21(17(23)16-5-4-12(18)8-20-16)10-14-7-13(19)9-22(14)11-15-3-2-6-24-15/h2-6,8,13-14H,7,9-11H2,1H3/t13-,14-/m0/s1. The first-order valence-corrected chi connectivity index (χ1v) is 8.68. The van der Waals surface area contributed by atoms with E-state index in [9.17, 15) is 13.6 Å². The van der Waals surface area contributed by atoms with Crippen molar-refractivity contribution >= 4 is 17.2 Å². The highest BCUT2D eigenvalue weighted by molar-refractivity contribution is 7.09. The van der Waals surface area contributed by atoms with Gasteiger partial charge in [0.05, 0.1) is 6.20 Å². The number of aromatic nitrogens is 1. The molecule has 0 radical (unpaired) electrons. The summed E-state index contributed by atoms with van der Waals surface area (Å²) in [4.78, 5) is 21.0. The molecular formula is C17H19F2N3OS. The molecule has 7 heteroatoms. The van der Waals surface area contributed by atoms with Crippen LogP contribution in [-0.4, -0.2) is 53.0 Å². The van der Waals surface area contributed by atoms with Gasteiger partial charge in [-0.25, -0.2) is 13.8 Å². The first-order valence-electron chi connectivity index (χ1n) is 7.80. The van der Waals surface area contributed by atoms with Gasteiger partial charge in [0.15, 0.2) is 0 Å². The molecule has 0 N–H and O–H groups in total. The lowest BCUT2D eigenvalue weighted by Gasteiger charge is -2.28. The fourth-order valence-corrected chi connectivity index (χ4v) is 3.74. The van der Waals surface area contributed by atoms with Crippen molar-refractivity contribution in [1.82, 2.24) is 14.8 Å². The van der Waals surface area contributed by atoms with Gasteiger partial charge in [0, 0.05) is 37.6 Å². The molecule has 2 atom stereocenters. The highest BCUT2D eigenvalue weighted by Gasteiger charge is 2.33. The van der Waals surface area contributed by atoms with Crippen LogP contribution in [0.2, 0.25) is 0 Å². The van der Waals surface area contributed by atoms with Crippen LogP contribution in [0.25, 0.3) is 0 Å².